The van der Waals surface area contributed by atoms with E-state index in [4.69, 9.17) is 0 Å². The van der Waals surface area contributed by atoms with Gasteiger partial charge in [-0.3, -0.25) is 4.79 Å². The third kappa shape index (κ3) is 2.09. The monoisotopic (exact) mass is 168 g/mol. The van der Waals surface area contributed by atoms with Crippen molar-refractivity contribution in [2.24, 2.45) is 17.3 Å². The molecule has 0 heterocycles. The second-order valence-electron chi connectivity index (χ2n) is 5.16. The van der Waals surface area contributed by atoms with Gasteiger partial charge in [-0.1, -0.05) is 27.7 Å². The van der Waals surface area contributed by atoms with E-state index in [-0.39, 0.29) is 5.92 Å². The van der Waals surface area contributed by atoms with E-state index in [2.05, 4.69) is 13.8 Å². The Labute approximate surface area is 75.5 Å². The first kappa shape index (κ1) is 9.76. The molecule has 0 aromatic carbocycles. The van der Waals surface area contributed by atoms with Gasteiger partial charge in [-0.25, -0.2) is 0 Å². The molecule has 1 rings (SSSR count). The normalized spacial score (nSPS) is 27.9. The van der Waals surface area contributed by atoms with Gasteiger partial charge < -0.3 is 0 Å². The van der Waals surface area contributed by atoms with Crippen LogP contribution < -0.4 is 0 Å². The van der Waals surface area contributed by atoms with Crippen molar-refractivity contribution in [3.8, 4) is 0 Å². The average Bonchev–Trinajstić information content (AvgIpc) is 2.28. The summed E-state index contributed by atoms with van der Waals surface area (Å²) < 4.78 is 0. The van der Waals surface area contributed by atoms with Crippen LogP contribution in [0.3, 0.4) is 0 Å². The molecule has 0 N–H and O–H groups in total. The maximum atomic E-state index is 11.6. The topological polar surface area (TPSA) is 17.1 Å². The van der Waals surface area contributed by atoms with Crippen LogP contribution in [0.1, 0.15) is 47.0 Å². The lowest BCUT2D eigenvalue weighted by molar-refractivity contribution is -0.125. The van der Waals surface area contributed by atoms with Crippen LogP contribution in [0.4, 0.5) is 0 Å². The van der Waals surface area contributed by atoms with Gasteiger partial charge in [0.15, 0.2) is 0 Å². The predicted molar refractivity (Wildman–Crippen MR) is 51.0 cm³/mol. The van der Waals surface area contributed by atoms with Crippen LogP contribution in [0.25, 0.3) is 0 Å². The molecular formula is C11H20O. The summed E-state index contributed by atoms with van der Waals surface area (Å²) in [5.41, 5.74) is 0.412. The quantitative estimate of drug-likeness (QED) is 0.619. The minimum atomic E-state index is 0.226. The molecule has 0 bridgehead atoms. The van der Waals surface area contributed by atoms with E-state index >= 15 is 0 Å². The van der Waals surface area contributed by atoms with Gasteiger partial charge in [0.2, 0.25) is 0 Å². The van der Waals surface area contributed by atoms with E-state index in [0.717, 1.165) is 12.8 Å². The molecule has 1 heteroatoms. The molecule has 0 spiro atoms. The van der Waals surface area contributed by atoms with Gasteiger partial charge >= 0.3 is 0 Å². The molecule has 0 aromatic heterocycles. The van der Waals surface area contributed by atoms with E-state index < -0.39 is 0 Å². The van der Waals surface area contributed by atoms with Crippen LogP contribution in [0, 0.1) is 17.3 Å². The van der Waals surface area contributed by atoms with Crippen molar-refractivity contribution >= 4 is 5.78 Å². The Hall–Kier alpha value is -0.330. The highest BCUT2D eigenvalue weighted by molar-refractivity contribution is 5.83. The highest BCUT2D eigenvalue weighted by atomic mass is 16.1. The molecule has 1 saturated carbocycles. The Morgan fingerprint density at radius 2 is 2.00 bits per heavy atom. The Morgan fingerprint density at radius 3 is 2.33 bits per heavy atom. The molecule has 0 saturated heterocycles. The molecule has 0 radical (unpaired) electrons. The number of carbonyl (C=O) groups is 1. The maximum absolute atomic E-state index is 11.6. The predicted octanol–water partition coefficient (Wildman–Crippen LogP) is 3.04. The van der Waals surface area contributed by atoms with Crippen LogP contribution in [0.5, 0.6) is 0 Å². The SMILES string of the molecule is CC(C)C(=O)C1CCC(C)(C)C1. The van der Waals surface area contributed by atoms with E-state index in [0.29, 0.717) is 17.1 Å². The second-order valence-corrected chi connectivity index (χ2v) is 5.16. The van der Waals surface area contributed by atoms with E-state index in [1.54, 1.807) is 0 Å². The first-order valence-electron chi connectivity index (χ1n) is 4.96. The molecule has 1 aliphatic carbocycles. The lowest BCUT2D eigenvalue weighted by Gasteiger charge is -2.17. The summed E-state index contributed by atoms with van der Waals surface area (Å²) in [7, 11) is 0. The number of hydrogen-bond donors (Lipinski definition) is 0. The smallest absolute Gasteiger partial charge is 0.138 e. The molecule has 1 fully saturated rings. The van der Waals surface area contributed by atoms with Gasteiger partial charge in [0, 0.05) is 11.8 Å². The fourth-order valence-corrected chi connectivity index (χ4v) is 2.15. The Balaban J connectivity index is 2.53. The average molecular weight is 168 g/mol. The fourth-order valence-electron chi connectivity index (χ4n) is 2.15. The third-order valence-electron chi connectivity index (χ3n) is 2.94. The summed E-state index contributed by atoms with van der Waals surface area (Å²) in [6.45, 7) is 8.54. The van der Waals surface area contributed by atoms with E-state index in [1.165, 1.54) is 6.42 Å². The zero-order valence-electron chi connectivity index (χ0n) is 8.68. The lowest BCUT2D eigenvalue weighted by atomic mass is 9.87. The van der Waals surface area contributed by atoms with Gasteiger partial charge in [0.05, 0.1) is 0 Å². The van der Waals surface area contributed by atoms with Crippen LogP contribution >= 0.6 is 0 Å². The number of rotatable bonds is 2. The largest absolute Gasteiger partial charge is 0.299 e. The summed E-state index contributed by atoms with van der Waals surface area (Å²) in [6, 6.07) is 0. The first-order chi connectivity index (χ1) is 5.42. The molecule has 1 unspecified atom stereocenters. The molecule has 0 aliphatic heterocycles. The Morgan fingerprint density at radius 1 is 1.42 bits per heavy atom. The van der Waals surface area contributed by atoms with Gasteiger partial charge in [0.25, 0.3) is 0 Å². The van der Waals surface area contributed by atoms with E-state index in [9.17, 15) is 4.79 Å². The molecule has 1 atom stereocenters. The lowest BCUT2D eigenvalue weighted by Crippen LogP contribution is -2.18. The zero-order valence-corrected chi connectivity index (χ0v) is 8.68. The maximum Gasteiger partial charge on any atom is 0.138 e. The molecule has 0 aromatic rings. The highest BCUT2D eigenvalue weighted by Gasteiger charge is 2.35. The van der Waals surface area contributed by atoms with Crippen LogP contribution in [-0.4, -0.2) is 5.78 Å². The Kier molecular flexibility index (Phi) is 2.60. The van der Waals surface area contributed by atoms with Gasteiger partial charge in [-0.2, -0.15) is 0 Å². The minimum absolute atomic E-state index is 0.226. The summed E-state index contributed by atoms with van der Waals surface area (Å²) in [5.74, 6) is 1.06. The summed E-state index contributed by atoms with van der Waals surface area (Å²) in [6.07, 6.45) is 3.43. The summed E-state index contributed by atoms with van der Waals surface area (Å²) in [4.78, 5) is 11.6. The van der Waals surface area contributed by atoms with Crippen molar-refractivity contribution in [2.45, 2.75) is 47.0 Å². The van der Waals surface area contributed by atoms with Crippen LogP contribution in [0.2, 0.25) is 0 Å². The van der Waals surface area contributed by atoms with Crippen molar-refractivity contribution in [1.29, 1.82) is 0 Å². The number of Topliss-reactive ketones (excluding diaryl/α,β-unsaturated/α-hetero) is 1. The summed E-state index contributed by atoms with van der Waals surface area (Å²) in [5, 5.41) is 0. The molecule has 70 valence electrons. The number of hydrogen-bond acceptors (Lipinski definition) is 1. The van der Waals surface area contributed by atoms with Gasteiger partial charge in [0.1, 0.15) is 5.78 Å². The third-order valence-corrected chi connectivity index (χ3v) is 2.94. The molecule has 12 heavy (non-hydrogen) atoms. The van der Waals surface area contributed by atoms with Crippen LogP contribution in [0.15, 0.2) is 0 Å². The molecule has 1 nitrogen and oxygen atoms in total. The van der Waals surface area contributed by atoms with E-state index in [1.807, 2.05) is 13.8 Å². The summed E-state index contributed by atoms with van der Waals surface area (Å²) >= 11 is 0. The molecular weight excluding hydrogens is 148 g/mol. The van der Waals surface area contributed by atoms with Crippen LogP contribution in [-0.2, 0) is 4.79 Å². The minimum Gasteiger partial charge on any atom is -0.299 e. The van der Waals surface area contributed by atoms with Gasteiger partial charge in [-0.15, -0.1) is 0 Å². The highest BCUT2D eigenvalue weighted by Crippen LogP contribution is 2.41. The van der Waals surface area contributed by atoms with Gasteiger partial charge in [-0.05, 0) is 24.7 Å². The standard InChI is InChI=1S/C11H20O/c1-8(2)10(12)9-5-6-11(3,4)7-9/h8-9H,5-7H2,1-4H3. The number of ketones is 1. The number of carbonyl (C=O) groups excluding carboxylic acids is 1. The molecule has 1 aliphatic rings. The molecule has 0 amide bonds. The van der Waals surface area contributed by atoms with Crippen molar-refractivity contribution in [3.05, 3.63) is 0 Å². The zero-order chi connectivity index (χ0) is 9.35. The Bertz CT molecular complexity index is 179. The van der Waals surface area contributed by atoms with Crippen molar-refractivity contribution in [1.82, 2.24) is 0 Å². The second kappa shape index (κ2) is 3.20. The first-order valence-corrected chi connectivity index (χ1v) is 4.96. The van der Waals surface area contributed by atoms with Crippen molar-refractivity contribution < 1.29 is 4.79 Å². The van der Waals surface area contributed by atoms with Crippen molar-refractivity contribution in [3.63, 3.8) is 0 Å². The fraction of sp³-hybridized carbons (Fsp3) is 0.909. The van der Waals surface area contributed by atoms with Crippen molar-refractivity contribution in [2.75, 3.05) is 0 Å².